The van der Waals surface area contributed by atoms with Crippen LogP contribution >= 0.6 is 0 Å². The Morgan fingerprint density at radius 3 is 2.60 bits per heavy atom. The van der Waals surface area contributed by atoms with Gasteiger partial charge in [0.2, 0.25) is 0 Å². The smallest absolute Gasteiger partial charge is 0.143 e. The molecule has 0 radical (unpaired) electrons. The van der Waals surface area contributed by atoms with E-state index in [2.05, 4.69) is 4.98 Å². The molecule has 0 aliphatic carbocycles. The molecule has 0 aliphatic rings. The molecule has 0 saturated heterocycles. The highest BCUT2D eigenvalue weighted by Crippen LogP contribution is 2.18. The number of aliphatic hydroxyl groups excluding tert-OH is 1. The Bertz CT molecular complexity index is 236. The van der Waals surface area contributed by atoms with Gasteiger partial charge in [-0.3, -0.25) is 4.98 Å². The van der Waals surface area contributed by atoms with Crippen molar-refractivity contribution in [1.82, 2.24) is 4.98 Å². The Labute approximate surface area is 57.4 Å². The highest BCUT2D eigenvalue weighted by atomic mass is 16.3. The Kier molecular flexibility index (Phi) is 1.73. The van der Waals surface area contributed by atoms with Gasteiger partial charge in [-0.1, -0.05) is 0 Å². The van der Waals surface area contributed by atoms with Crippen LogP contribution in [0.2, 0.25) is 0 Å². The maximum Gasteiger partial charge on any atom is 0.143 e. The van der Waals surface area contributed by atoms with Crippen LogP contribution in [0.4, 0.5) is 0 Å². The minimum Gasteiger partial charge on any atom is -0.506 e. The van der Waals surface area contributed by atoms with Crippen molar-refractivity contribution in [2.45, 2.75) is 6.61 Å². The van der Waals surface area contributed by atoms with Crippen molar-refractivity contribution >= 4 is 0 Å². The molecule has 0 saturated carbocycles. The number of nitrogens with zero attached hydrogens (tertiary/aromatic N) is 1. The third-order valence-corrected chi connectivity index (χ3v) is 1.08. The average molecular weight is 141 g/mol. The van der Waals surface area contributed by atoms with Gasteiger partial charge in [0.15, 0.2) is 0 Å². The summed E-state index contributed by atoms with van der Waals surface area (Å²) in [5.74, 6) is -0.308. The predicted molar refractivity (Wildman–Crippen MR) is 33.5 cm³/mol. The second-order valence-corrected chi connectivity index (χ2v) is 1.82. The summed E-state index contributed by atoms with van der Waals surface area (Å²) in [6.45, 7) is -0.327. The molecule has 0 spiro atoms. The quantitative estimate of drug-likeness (QED) is 0.514. The van der Waals surface area contributed by atoms with Crippen LogP contribution in [-0.2, 0) is 6.61 Å². The van der Waals surface area contributed by atoms with Gasteiger partial charge in [0, 0.05) is 6.07 Å². The highest BCUT2D eigenvalue weighted by molar-refractivity contribution is 5.32. The summed E-state index contributed by atoms with van der Waals surface area (Å²) in [5.41, 5.74) is 0.165. The lowest BCUT2D eigenvalue weighted by molar-refractivity contribution is 0.269. The lowest BCUT2D eigenvalue weighted by atomic mass is 10.3. The van der Waals surface area contributed by atoms with Crippen LogP contribution in [0.3, 0.4) is 0 Å². The van der Waals surface area contributed by atoms with Crippen LogP contribution in [0.25, 0.3) is 0 Å². The molecular weight excluding hydrogens is 134 g/mol. The van der Waals surface area contributed by atoms with Crippen molar-refractivity contribution in [3.05, 3.63) is 18.0 Å². The molecule has 0 bridgehead atoms. The molecule has 0 unspecified atom stereocenters. The maximum atomic E-state index is 8.91. The number of aromatic nitrogens is 1. The average Bonchev–Trinajstić information content (AvgIpc) is 1.88. The zero-order valence-corrected chi connectivity index (χ0v) is 5.15. The third-order valence-electron chi connectivity index (χ3n) is 1.08. The largest absolute Gasteiger partial charge is 0.506 e. The molecule has 1 aromatic heterocycles. The maximum absolute atomic E-state index is 8.91. The summed E-state index contributed by atoms with van der Waals surface area (Å²) >= 11 is 0. The number of pyridine rings is 1. The molecule has 4 heteroatoms. The molecule has 1 aromatic rings. The summed E-state index contributed by atoms with van der Waals surface area (Å²) in [7, 11) is 0. The molecule has 10 heavy (non-hydrogen) atoms. The van der Waals surface area contributed by atoms with Crippen LogP contribution in [0, 0.1) is 0 Å². The van der Waals surface area contributed by atoms with E-state index < -0.39 is 0 Å². The van der Waals surface area contributed by atoms with E-state index in [9.17, 15) is 0 Å². The minimum atomic E-state index is -0.327. The number of aromatic hydroxyl groups is 2. The first-order valence-corrected chi connectivity index (χ1v) is 2.71. The molecule has 1 heterocycles. The summed E-state index contributed by atoms with van der Waals surface area (Å²) in [4.78, 5) is 3.55. The summed E-state index contributed by atoms with van der Waals surface area (Å²) < 4.78 is 0. The van der Waals surface area contributed by atoms with Crippen molar-refractivity contribution in [1.29, 1.82) is 0 Å². The summed E-state index contributed by atoms with van der Waals surface area (Å²) in [6, 6.07) is 1.12. The SMILES string of the molecule is OCc1ncc(O)cc1O. The van der Waals surface area contributed by atoms with Crippen molar-refractivity contribution < 1.29 is 15.3 Å². The zero-order chi connectivity index (χ0) is 7.56. The van der Waals surface area contributed by atoms with E-state index in [1.165, 1.54) is 0 Å². The molecule has 3 N–H and O–H groups in total. The van der Waals surface area contributed by atoms with Gasteiger partial charge in [-0.2, -0.15) is 0 Å². The predicted octanol–water partition coefficient (Wildman–Crippen LogP) is -0.0149. The highest BCUT2D eigenvalue weighted by Gasteiger charge is 2.00. The van der Waals surface area contributed by atoms with Crippen LogP contribution < -0.4 is 0 Å². The molecule has 0 amide bonds. The van der Waals surface area contributed by atoms with E-state index in [0.29, 0.717) is 0 Å². The molecule has 54 valence electrons. The summed E-state index contributed by atoms with van der Waals surface area (Å²) in [5, 5.41) is 26.1. The zero-order valence-electron chi connectivity index (χ0n) is 5.15. The van der Waals surface area contributed by atoms with Gasteiger partial charge in [0.25, 0.3) is 0 Å². The molecular formula is C6H7NO3. The van der Waals surface area contributed by atoms with Crippen molar-refractivity contribution in [2.24, 2.45) is 0 Å². The van der Waals surface area contributed by atoms with Crippen LogP contribution in [0.15, 0.2) is 12.3 Å². The number of rotatable bonds is 1. The van der Waals surface area contributed by atoms with Crippen molar-refractivity contribution in [2.75, 3.05) is 0 Å². The van der Waals surface area contributed by atoms with Crippen LogP contribution in [0.1, 0.15) is 5.69 Å². The molecule has 0 aromatic carbocycles. The van der Waals surface area contributed by atoms with Gasteiger partial charge < -0.3 is 15.3 Å². The Hall–Kier alpha value is -1.29. The van der Waals surface area contributed by atoms with E-state index in [-0.39, 0.29) is 23.8 Å². The van der Waals surface area contributed by atoms with E-state index in [1.54, 1.807) is 0 Å². The Morgan fingerprint density at radius 2 is 2.10 bits per heavy atom. The lowest BCUT2D eigenvalue weighted by Crippen LogP contribution is -1.87. The normalized spacial score (nSPS) is 9.70. The van der Waals surface area contributed by atoms with Crippen molar-refractivity contribution in [3.8, 4) is 11.5 Å². The fraction of sp³-hybridized carbons (Fsp3) is 0.167. The van der Waals surface area contributed by atoms with Crippen molar-refractivity contribution in [3.63, 3.8) is 0 Å². The van der Waals surface area contributed by atoms with Gasteiger partial charge in [0.1, 0.15) is 17.2 Å². The second kappa shape index (κ2) is 2.53. The van der Waals surface area contributed by atoms with E-state index in [1.807, 2.05) is 0 Å². The van der Waals surface area contributed by atoms with E-state index >= 15 is 0 Å². The van der Waals surface area contributed by atoms with Gasteiger partial charge in [0.05, 0.1) is 12.8 Å². The molecule has 0 atom stereocenters. The summed E-state index contributed by atoms with van der Waals surface area (Å²) in [6.07, 6.45) is 1.16. The fourth-order valence-corrected chi connectivity index (χ4v) is 0.593. The monoisotopic (exact) mass is 141 g/mol. The molecule has 1 rings (SSSR count). The number of aliphatic hydroxyl groups is 1. The van der Waals surface area contributed by atoms with E-state index in [4.69, 9.17) is 15.3 Å². The first kappa shape index (κ1) is 6.82. The topological polar surface area (TPSA) is 73.6 Å². The van der Waals surface area contributed by atoms with Crippen LogP contribution in [0.5, 0.6) is 11.5 Å². The number of hydrogen-bond donors (Lipinski definition) is 3. The first-order valence-electron chi connectivity index (χ1n) is 2.71. The lowest BCUT2D eigenvalue weighted by Gasteiger charge is -1.98. The first-order chi connectivity index (χ1) is 4.74. The molecule has 0 fully saturated rings. The van der Waals surface area contributed by atoms with Crippen LogP contribution in [-0.4, -0.2) is 20.3 Å². The standard InChI is InChI=1S/C6H7NO3/c8-3-5-6(10)1-4(9)2-7-5/h1-2,8-10H,3H2. The Morgan fingerprint density at radius 1 is 1.40 bits per heavy atom. The molecule has 4 nitrogen and oxygen atoms in total. The van der Waals surface area contributed by atoms with Gasteiger partial charge in [-0.15, -0.1) is 0 Å². The van der Waals surface area contributed by atoms with Gasteiger partial charge >= 0.3 is 0 Å². The third kappa shape index (κ3) is 1.16. The van der Waals surface area contributed by atoms with E-state index in [0.717, 1.165) is 12.3 Å². The Balaban J connectivity index is 3.07. The van der Waals surface area contributed by atoms with Gasteiger partial charge in [-0.25, -0.2) is 0 Å². The fourth-order valence-electron chi connectivity index (χ4n) is 0.593. The minimum absolute atomic E-state index is 0.116. The molecule has 0 aliphatic heterocycles. The van der Waals surface area contributed by atoms with Gasteiger partial charge in [-0.05, 0) is 0 Å². The number of hydrogen-bond acceptors (Lipinski definition) is 4. The second-order valence-electron chi connectivity index (χ2n) is 1.82.